The van der Waals surface area contributed by atoms with E-state index < -0.39 is 0 Å². The minimum atomic E-state index is 0.560. The molecule has 0 atom stereocenters. The molecule has 0 amide bonds. The van der Waals surface area contributed by atoms with E-state index in [4.69, 9.17) is 4.74 Å². The number of allylic oxidation sites excluding steroid dienone is 4. The summed E-state index contributed by atoms with van der Waals surface area (Å²) in [6.07, 6.45) is 16.4. The second-order valence-corrected chi connectivity index (χ2v) is 8.82. The van der Waals surface area contributed by atoms with Gasteiger partial charge in [-0.05, 0) is 57.4 Å². The molecular formula is C30H52O. The summed E-state index contributed by atoms with van der Waals surface area (Å²) in [5.74, 6) is 0.991. The average Bonchev–Trinajstić information content (AvgIpc) is 3.07. The van der Waals surface area contributed by atoms with Crippen LogP contribution in [0.5, 0.6) is 0 Å². The van der Waals surface area contributed by atoms with E-state index in [1.165, 1.54) is 44.1 Å². The van der Waals surface area contributed by atoms with Crippen LogP contribution in [0.25, 0.3) is 5.57 Å². The molecule has 31 heavy (non-hydrogen) atoms. The van der Waals surface area contributed by atoms with Crippen LogP contribution in [0.1, 0.15) is 105 Å². The lowest BCUT2D eigenvalue weighted by atomic mass is 9.76. The van der Waals surface area contributed by atoms with Gasteiger partial charge < -0.3 is 4.74 Å². The van der Waals surface area contributed by atoms with E-state index in [9.17, 15) is 0 Å². The van der Waals surface area contributed by atoms with Crippen molar-refractivity contribution >= 4 is 5.57 Å². The molecule has 0 saturated heterocycles. The Morgan fingerprint density at radius 1 is 0.968 bits per heavy atom. The Morgan fingerprint density at radius 2 is 1.45 bits per heavy atom. The van der Waals surface area contributed by atoms with Gasteiger partial charge in [0.25, 0.3) is 0 Å². The predicted molar refractivity (Wildman–Crippen MR) is 143 cm³/mol. The van der Waals surface area contributed by atoms with Gasteiger partial charge in [0.15, 0.2) is 0 Å². The molecule has 1 aliphatic rings. The van der Waals surface area contributed by atoms with Crippen molar-refractivity contribution in [2.24, 2.45) is 11.3 Å². The topological polar surface area (TPSA) is 9.23 Å². The largest absolute Gasteiger partial charge is 0.501 e. The number of hydrogen-bond acceptors (Lipinski definition) is 1. The van der Waals surface area contributed by atoms with Gasteiger partial charge in [-0.2, -0.15) is 0 Å². The van der Waals surface area contributed by atoms with Crippen LogP contribution in [0.4, 0.5) is 0 Å². The Bertz CT molecular complexity index is 572. The molecule has 178 valence electrons. The van der Waals surface area contributed by atoms with Gasteiger partial charge in [0.1, 0.15) is 0 Å². The molecule has 1 aromatic rings. The highest BCUT2D eigenvalue weighted by atomic mass is 16.5. The van der Waals surface area contributed by atoms with Gasteiger partial charge in [0, 0.05) is 5.57 Å². The number of ether oxygens (including phenoxy) is 1. The first-order chi connectivity index (χ1) is 14.8. The molecule has 1 fully saturated rings. The van der Waals surface area contributed by atoms with Crippen LogP contribution >= 0.6 is 0 Å². The standard InChI is InChI=1S/C13H16O.C11H22.C4H8.C2H6/c1-4-12(10-14-5-2)13-8-6-11(3)7-9-13;1-11(2,3)10-8-6-4-5-7-9-10;1-3-4-2;1-2/h4,6-10H,1,5H2,2-3H3;10H,4-9H2,1-3H3;3-4H,1-2H3;1-2H3/b12-10-;;4-3-;. The van der Waals surface area contributed by atoms with E-state index in [-0.39, 0.29) is 0 Å². The molecule has 0 radical (unpaired) electrons. The van der Waals surface area contributed by atoms with E-state index >= 15 is 0 Å². The summed E-state index contributed by atoms with van der Waals surface area (Å²) < 4.78 is 5.24. The molecule has 1 aromatic carbocycles. The second-order valence-electron chi connectivity index (χ2n) is 8.82. The fourth-order valence-electron chi connectivity index (χ4n) is 3.30. The molecule has 1 saturated carbocycles. The molecular weight excluding hydrogens is 376 g/mol. The maximum atomic E-state index is 5.24. The third-order valence-corrected chi connectivity index (χ3v) is 5.40. The van der Waals surface area contributed by atoms with E-state index in [0.717, 1.165) is 17.1 Å². The van der Waals surface area contributed by atoms with Gasteiger partial charge in [0.2, 0.25) is 0 Å². The summed E-state index contributed by atoms with van der Waals surface area (Å²) in [6.45, 7) is 23.7. The lowest BCUT2D eigenvalue weighted by Crippen LogP contribution is -2.19. The third kappa shape index (κ3) is 16.6. The normalized spacial score (nSPS) is 14.7. The van der Waals surface area contributed by atoms with E-state index in [0.29, 0.717) is 12.0 Å². The van der Waals surface area contributed by atoms with Crippen LogP contribution in [0.15, 0.2) is 55.3 Å². The van der Waals surface area contributed by atoms with Crippen LogP contribution in [-0.2, 0) is 4.74 Å². The Morgan fingerprint density at radius 3 is 1.81 bits per heavy atom. The molecule has 0 spiro atoms. The Balaban J connectivity index is 0. The van der Waals surface area contributed by atoms with Crippen LogP contribution in [0.2, 0.25) is 0 Å². The highest BCUT2D eigenvalue weighted by Gasteiger charge is 2.24. The first-order valence-electron chi connectivity index (χ1n) is 12.4. The van der Waals surface area contributed by atoms with Crippen LogP contribution in [0, 0.1) is 18.3 Å². The molecule has 1 aliphatic carbocycles. The van der Waals surface area contributed by atoms with E-state index in [2.05, 4.69) is 58.5 Å². The van der Waals surface area contributed by atoms with Crippen molar-refractivity contribution < 1.29 is 4.74 Å². The Kier molecular flexibility index (Phi) is 20.4. The zero-order valence-corrected chi connectivity index (χ0v) is 22.3. The Hall–Kier alpha value is -1.76. The van der Waals surface area contributed by atoms with Gasteiger partial charge in [0.05, 0.1) is 12.9 Å². The van der Waals surface area contributed by atoms with Crippen molar-refractivity contribution in [2.75, 3.05) is 6.61 Å². The van der Waals surface area contributed by atoms with Crippen molar-refractivity contribution in [3.05, 3.63) is 66.5 Å². The van der Waals surface area contributed by atoms with Crippen molar-refractivity contribution in [3.8, 4) is 0 Å². The molecule has 1 nitrogen and oxygen atoms in total. The molecule has 1 heteroatoms. The molecule has 0 aliphatic heterocycles. The third-order valence-electron chi connectivity index (χ3n) is 5.40. The highest BCUT2D eigenvalue weighted by molar-refractivity contribution is 5.72. The smallest absolute Gasteiger partial charge is 0.0906 e. The second kappa shape index (κ2) is 20.2. The van der Waals surface area contributed by atoms with E-state index in [1.807, 2.05) is 46.8 Å². The summed E-state index contributed by atoms with van der Waals surface area (Å²) in [5, 5.41) is 0. The van der Waals surface area contributed by atoms with Gasteiger partial charge in [-0.15, -0.1) is 0 Å². The minimum absolute atomic E-state index is 0.560. The summed E-state index contributed by atoms with van der Waals surface area (Å²) in [6, 6.07) is 8.31. The van der Waals surface area contributed by atoms with E-state index in [1.54, 1.807) is 12.3 Å². The van der Waals surface area contributed by atoms with Gasteiger partial charge >= 0.3 is 0 Å². The predicted octanol–water partition coefficient (Wildman–Crippen LogP) is 10.2. The van der Waals surface area contributed by atoms with Gasteiger partial charge in [-0.1, -0.05) is 115 Å². The molecule has 0 heterocycles. The Labute approximate surface area is 195 Å². The first kappa shape index (κ1) is 31.4. The van der Waals surface area contributed by atoms with Crippen LogP contribution in [-0.4, -0.2) is 6.61 Å². The van der Waals surface area contributed by atoms with Gasteiger partial charge in [-0.25, -0.2) is 0 Å². The molecule has 0 unspecified atom stereocenters. The number of aryl methyl sites for hydroxylation is 1. The van der Waals surface area contributed by atoms with Crippen molar-refractivity contribution in [2.45, 2.75) is 101 Å². The SMILES string of the molecule is C/C=C\C.C=C/C(=C/OCC)c1ccc(C)cc1.CC.CC(C)(C)C1CCCCCC1. The number of benzene rings is 1. The zero-order chi connectivity index (χ0) is 24.1. The van der Waals surface area contributed by atoms with Crippen molar-refractivity contribution in [3.63, 3.8) is 0 Å². The van der Waals surface area contributed by atoms with Crippen LogP contribution < -0.4 is 0 Å². The number of rotatable bonds is 4. The number of hydrogen-bond donors (Lipinski definition) is 0. The maximum absolute atomic E-state index is 5.24. The molecule has 0 bridgehead atoms. The lowest BCUT2D eigenvalue weighted by Gasteiger charge is -2.29. The fraction of sp³-hybridized carbons (Fsp3) is 0.600. The zero-order valence-electron chi connectivity index (χ0n) is 22.3. The first-order valence-corrected chi connectivity index (χ1v) is 12.4. The molecule has 0 aromatic heterocycles. The van der Waals surface area contributed by atoms with Crippen molar-refractivity contribution in [1.29, 1.82) is 0 Å². The molecule has 2 rings (SSSR count). The van der Waals surface area contributed by atoms with Crippen LogP contribution in [0.3, 0.4) is 0 Å². The monoisotopic (exact) mass is 428 g/mol. The van der Waals surface area contributed by atoms with Crippen molar-refractivity contribution in [1.82, 2.24) is 0 Å². The summed E-state index contributed by atoms with van der Waals surface area (Å²) in [7, 11) is 0. The molecule has 0 N–H and O–H groups in total. The minimum Gasteiger partial charge on any atom is -0.501 e. The van der Waals surface area contributed by atoms with Gasteiger partial charge in [-0.3, -0.25) is 0 Å². The quantitative estimate of drug-likeness (QED) is 0.200. The summed E-state index contributed by atoms with van der Waals surface area (Å²) in [4.78, 5) is 0. The average molecular weight is 429 g/mol. The summed E-state index contributed by atoms with van der Waals surface area (Å²) >= 11 is 0. The fourth-order valence-corrected chi connectivity index (χ4v) is 3.30. The highest BCUT2D eigenvalue weighted by Crippen LogP contribution is 2.36. The summed E-state index contributed by atoms with van der Waals surface area (Å²) in [5.41, 5.74) is 3.98. The lowest BCUT2D eigenvalue weighted by molar-refractivity contribution is 0.215. The maximum Gasteiger partial charge on any atom is 0.0906 e.